The third-order valence-corrected chi connectivity index (χ3v) is 7.33. The Labute approximate surface area is 232 Å². The Morgan fingerprint density at radius 2 is 1.79 bits per heavy atom. The average molecular weight is 548 g/mol. The number of carbonyl (C=O) groups is 2. The van der Waals surface area contributed by atoms with Gasteiger partial charge in [0.25, 0.3) is 5.91 Å². The van der Waals surface area contributed by atoms with Gasteiger partial charge in [-0.15, -0.1) is 11.3 Å². The first-order chi connectivity index (χ1) is 18.7. The van der Waals surface area contributed by atoms with Crippen LogP contribution in [-0.4, -0.2) is 46.3 Å². The van der Waals surface area contributed by atoms with E-state index in [-0.39, 0.29) is 18.1 Å². The molecule has 1 N–H and O–H groups in total. The number of ether oxygens (including phenoxy) is 3. The van der Waals surface area contributed by atoms with Crippen molar-refractivity contribution in [1.82, 2.24) is 9.47 Å². The molecule has 1 aliphatic rings. The summed E-state index contributed by atoms with van der Waals surface area (Å²) in [7, 11) is 1.90. The van der Waals surface area contributed by atoms with Crippen molar-refractivity contribution in [2.75, 3.05) is 18.4 Å². The number of nitrogens with zero attached hydrogens (tertiary/aromatic N) is 2. The van der Waals surface area contributed by atoms with Gasteiger partial charge in [0.15, 0.2) is 0 Å². The second-order valence-corrected chi connectivity index (χ2v) is 11.5. The number of aromatic nitrogens is 1. The number of para-hydroxylation sites is 1. The molecule has 0 bridgehead atoms. The summed E-state index contributed by atoms with van der Waals surface area (Å²) in [5.74, 6) is 1.24. The molecule has 3 heterocycles. The molecule has 0 spiro atoms. The van der Waals surface area contributed by atoms with Crippen LogP contribution in [0.15, 0.2) is 66.0 Å². The Bertz CT molecular complexity index is 1470. The standard InChI is InChI=1S/C30H33N3O5S/c1-30(2,3)38-29(35)33-15-13-23(18-33)37-22-11-9-21(10-12-22)36-19-20-7-5-6-8-24(20)31-28(34)26-17-27-25(32(26)4)14-16-39-27/h5-12,14,16-17,23H,13,15,18-19H2,1-4H3,(H,31,34). The minimum absolute atomic E-state index is 0.0835. The molecule has 8 nitrogen and oxygen atoms in total. The van der Waals surface area contributed by atoms with E-state index in [0.717, 1.165) is 22.2 Å². The molecule has 0 aliphatic carbocycles. The first-order valence-electron chi connectivity index (χ1n) is 13.0. The van der Waals surface area contributed by atoms with E-state index in [1.807, 2.05) is 98.4 Å². The number of benzene rings is 2. The van der Waals surface area contributed by atoms with Crippen LogP contribution in [0.1, 0.15) is 43.2 Å². The summed E-state index contributed by atoms with van der Waals surface area (Å²) in [5.41, 5.74) is 2.72. The predicted molar refractivity (Wildman–Crippen MR) is 153 cm³/mol. The predicted octanol–water partition coefficient (Wildman–Crippen LogP) is 6.46. The van der Waals surface area contributed by atoms with E-state index in [4.69, 9.17) is 14.2 Å². The summed E-state index contributed by atoms with van der Waals surface area (Å²) in [5, 5.41) is 5.06. The highest BCUT2D eigenvalue weighted by Crippen LogP contribution is 2.27. The lowest BCUT2D eigenvalue weighted by Gasteiger charge is -2.24. The van der Waals surface area contributed by atoms with Gasteiger partial charge in [-0.2, -0.15) is 0 Å². The van der Waals surface area contributed by atoms with E-state index in [1.54, 1.807) is 16.2 Å². The number of nitrogens with one attached hydrogen (secondary N) is 1. The molecular weight excluding hydrogens is 514 g/mol. The van der Waals surface area contributed by atoms with Gasteiger partial charge in [0.1, 0.15) is 35.5 Å². The van der Waals surface area contributed by atoms with E-state index in [9.17, 15) is 9.59 Å². The monoisotopic (exact) mass is 547 g/mol. The topological polar surface area (TPSA) is 82.0 Å². The van der Waals surface area contributed by atoms with Crippen molar-refractivity contribution in [3.63, 3.8) is 0 Å². The van der Waals surface area contributed by atoms with Gasteiger partial charge in [-0.3, -0.25) is 4.79 Å². The summed E-state index contributed by atoms with van der Waals surface area (Å²) >= 11 is 1.62. The maximum atomic E-state index is 13.0. The van der Waals surface area contributed by atoms with Crippen molar-refractivity contribution in [2.45, 2.75) is 45.5 Å². The Morgan fingerprint density at radius 3 is 2.54 bits per heavy atom. The number of likely N-dealkylation sites (tertiary alicyclic amines) is 1. The van der Waals surface area contributed by atoms with Crippen molar-refractivity contribution in [2.24, 2.45) is 7.05 Å². The molecule has 9 heteroatoms. The summed E-state index contributed by atoms with van der Waals surface area (Å²) in [6, 6.07) is 19.0. The molecule has 204 valence electrons. The van der Waals surface area contributed by atoms with Crippen molar-refractivity contribution in [1.29, 1.82) is 0 Å². The fourth-order valence-corrected chi connectivity index (χ4v) is 5.36. The SMILES string of the molecule is Cn1c(C(=O)Nc2ccccc2COc2ccc(OC3CCN(C(=O)OC(C)(C)C)C3)cc2)cc2sccc21. The zero-order chi connectivity index (χ0) is 27.6. The van der Waals surface area contributed by atoms with Crippen molar-refractivity contribution in [3.8, 4) is 11.5 Å². The molecule has 2 aromatic carbocycles. The normalized spacial score (nSPS) is 15.4. The lowest BCUT2D eigenvalue weighted by molar-refractivity contribution is 0.0275. The summed E-state index contributed by atoms with van der Waals surface area (Å²) in [6.07, 6.45) is 0.359. The number of anilines is 1. The van der Waals surface area contributed by atoms with Gasteiger partial charge < -0.3 is 29.0 Å². The van der Waals surface area contributed by atoms with Gasteiger partial charge in [-0.25, -0.2) is 4.79 Å². The van der Waals surface area contributed by atoms with Gasteiger partial charge in [0.2, 0.25) is 0 Å². The minimum Gasteiger partial charge on any atom is -0.489 e. The van der Waals surface area contributed by atoms with E-state index >= 15 is 0 Å². The zero-order valence-corrected chi connectivity index (χ0v) is 23.4. The van der Waals surface area contributed by atoms with Crippen molar-refractivity contribution < 1.29 is 23.8 Å². The first kappa shape index (κ1) is 26.6. The fraction of sp³-hybridized carbons (Fsp3) is 0.333. The van der Waals surface area contributed by atoms with Crippen LogP contribution in [0, 0.1) is 0 Å². The van der Waals surface area contributed by atoms with Gasteiger partial charge in [0, 0.05) is 31.3 Å². The van der Waals surface area contributed by atoms with E-state index in [1.165, 1.54) is 0 Å². The second kappa shape index (κ2) is 11.0. The van der Waals surface area contributed by atoms with Crippen LogP contribution in [0.3, 0.4) is 0 Å². The van der Waals surface area contributed by atoms with Crippen LogP contribution in [0.2, 0.25) is 0 Å². The largest absolute Gasteiger partial charge is 0.489 e. The maximum Gasteiger partial charge on any atom is 0.410 e. The highest BCUT2D eigenvalue weighted by molar-refractivity contribution is 7.17. The molecule has 1 aliphatic heterocycles. The lowest BCUT2D eigenvalue weighted by Crippen LogP contribution is -2.36. The second-order valence-electron chi connectivity index (χ2n) is 10.6. The van der Waals surface area contributed by atoms with Crippen molar-refractivity contribution in [3.05, 3.63) is 77.3 Å². The van der Waals surface area contributed by atoms with Crippen LogP contribution in [0.4, 0.5) is 10.5 Å². The van der Waals surface area contributed by atoms with Crippen molar-refractivity contribution >= 4 is 39.2 Å². The third kappa shape index (κ3) is 6.37. The number of hydrogen-bond donors (Lipinski definition) is 1. The third-order valence-electron chi connectivity index (χ3n) is 6.48. The molecule has 2 aromatic heterocycles. The van der Waals surface area contributed by atoms with E-state index < -0.39 is 5.60 Å². The molecule has 5 rings (SSSR count). The summed E-state index contributed by atoms with van der Waals surface area (Å²) in [6.45, 7) is 6.99. The number of aryl methyl sites for hydroxylation is 1. The smallest absolute Gasteiger partial charge is 0.410 e. The molecule has 1 atom stereocenters. The Kier molecular flexibility index (Phi) is 7.52. The first-order valence-corrected chi connectivity index (χ1v) is 13.8. The number of carbonyl (C=O) groups excluding carboxylic acids is 2. The van der Waals surface area contributed by atoms with Crippen LogP contribution in [0.5, 0.6) is 11.5 Å². The summed E-state index contributed by atoms with van der Waals surface area (Å²) < 4.78 is 20.5. The minimum atomic E-state index is -0.517. The van der Waals surface area contributed by atoms with E-state index in [0.29, 0.717) is 42.6 Å². The molecule has 1 unspecified atom stereocenters. The van der Waals surface area contributed by atoms with Gasteiger partial charge in [-0.1, -0.05) is 18.2 Å². The molecule has 1 saturated heterocycles. The Morgan fingerprint density at radius 1 is 1.05 bits per heavy atom. The number of thiophene rings is 1. The molecule has 0 saturated carbocycles. The molecular formula is C30H33N3O5S. The van der Waals surface area contributed by atoms with Gasteiger partial charge >= 0.3 is 6.09 Å². The molecule has 39 heavy (non-hydrogen) atoms. The lowest BCUT2D eigenvalue weighted by atomic mass is 10.2. The molecule has 2 amide bonds. The highest BCUT2D eigenvalue weighted by Gasteiger charge is 2.30. The zero-order valence-electron chi connectivity index (χ0n) is 22.6. The highest BCUT2D eigenvalue weighted by atomic mass is 32.1. The van der Waals surface area contributed by atoms with Gasteiger partial charge in [0.05, 0.1) is 16.8 Å². The van der Waals surface area contributed by atoms with Crippen LogP contribution >= 0.6 is 11.3 Å². The number of hydrogen-bond acceptors (Lipinski definition) is 6. The molecule has 0 radical (unpaired) electrons. The Hall–Kier alpha value is -3.98. The van der Waals surface area contributed by atoms with Crippen LogP contribution in [-0.2, 0) is 18.4 Å². The maximum absolute atomic E-state index is 13.0. The summed E-state index contributed by atoms with van der Waals surface area (Å²) in [4.78, 5) is 27.0. The van der Waals surface area contributed by atoms with E-state index in [2.05, 4.69) is 5.32 Å². The number of fused-ring (bicyclic) bond motifs is 1. The fourth-order valence-electron chi connectivity index (χ4n) is 4.51. The average Bonchev–Trinajstić information content (AvgIpc) is 3.62. The number of amides is 2. The molecule has 1 fully saturated rings. The molecule has 4 aromatic rings. The Balaban J connectivity index is 1.15. The quantitative estimate of drug-likeness (QED) is 0.287. The van der Waals surface area contributed by atoms with Gasteiger partial charge in [-0.05, 0) is 68.6 Å². The van der Waals surface area contributed by atoms with Crippen LogP contribution < -0.4 is 14.8 Å². The number of rotatable bonds is 7. The van der Waals surface area contributed by atoms with Crippen LogP contribution in [0.25, 0.3) is 10.2 Å².